The quantitative estimate of drug-likeness (QED) is 0.655. The maximum absolute atomic E-state index is 13.0. The molecule has 108 valence electrons. The van der Waals surface area contributed by atoms with E-state index in [0.29, 0.717) is 6.07 Å². The van der Waals surface area contributed by atoms with E-state index < -0.39 is 36.8 Å². The largest absolute Gasteiger partial charge is 0.292 e. The van der Waals surface area contributed by atoms with Crippen LogP contribution in [0.5, 0.6) is 0 Å². The zero-order valence-corrected chi connectivity index (χ0v) is 11.6. The molecule has 1 N–H and O–H groups in total. The standard InChI is InChI=1S/C11H12FN3O4S/c1-11(2,6-13)7-14-20(18,19)10-4-3-8(12)5-9(10)15(16)17/h3-5,14H,7H2,1-2H3. The molecule has 0 bridgehead atoms. The molecule has 0 spiro atoms. The highest BCUT2D eigenvalue weighted by Crippen LogP contribution is 2.25. The van der Waals surface area contributed by atoms with Crippen LogP contribution in [-0.4, -0.2) is 19.9 Å². The van der Waals surface area contributed by atoms with Crippen molar-refractivity contribution >= 4 is 15.7 Å². The molecule has 1 rings (SSSR count). The van der Waals surface area contributed by atoms with Gasteiger partial charge in [0.2, 0.25) is 10.0 Å². The predicted octanol–water partition coefficient (Wildman–Crippen LogP) is 1.56. The van der Waals surface area contributed by atoms with Gasteiger partial charge in [0.15, 0.2) is 4.90 Å². The van der Waals surface area contributed by atoms with Crippen molar-refractivity contribution in [1.82, 2.24) is 4.72 Å². The van der Waals surface area contributed by atoms with Crippen molar-refractivity contribution in [1.29, 1.82) is 5.26 Å². The van der Waals surface area contributed by atoms with Crippen molar-refractivity contribution in [3.05, 3.63) is 34.1 Å². The highest BCUT2D eigenvalue weighted by Gasteiger charge is 2.28. The van der Waals surface area contributed by atoms with Gasteiger partial charge in [-0.2, -0.15) is 5.26 Å². The van der Waals surface area contributed by atoms with Crippen molar-refractivity contribution in [2.75, 3.05) is 6.54 Å². The number of hydrogen-bond acceptors (Lipinski definition) is 5. The van der Waals surface area contributed by atoms with Crippen LogP contribution in [0.25, 0.3) is 0 Å². The molecule has 0 unspecified atom stereocenters. The summed E-state index contributed by atoms with van der Waals surface area (Å²) in [6, 6.07) is 4.05. The highest BCUT2D eigenvalue weighted by atomic mass is 32.2. The molecule has 0 aliphatic rings. The summed E-state index contributed by atoms with van der Waals surface area (Å²) < 4.78 is 39.0. The molecule has 0 radical (unpaired) electrons. The normalized spacial score (nSPS) is 11.9. The smallest absolute Gasteiger partial charge is 0.258 e. The molecule has 0 aliphatic heterocycles. The number of hydrogen-bond donors (Lipinski definition) is 1. The topological polar surface area (TPSA) is 113 Å². The van der Waals surface area contributed by atoms with Gasteiger partial charge < -0.3 is 0 Å². The first-order valence-electron chi connectivity index (χ1n) is 5.44. The number of benzene rings is 1. The van der Waals surface area contributed by atoms with Crippen LogP contribution in [-0.2, 0) is 10.0 Å². The average Bonchev–Trinajstić information content (AvgIpc) is 2.36. The van der Waals surface area contributed by atoms with Crippen LogP contribution < -0.4 is 4.72 Å². The van der Waals surface area contributed by atoms with Gasteiger partial charge in [0, 0.05) is 6.54 Å². The van der Waals surface area contributed by atoms with E-state index in [0.717, 1.165) is 12.1 Å². The number of rotatable bonds is 5. The third kappa shape index (κ3) is 3.72. The van der Waals surface area contributed by atoms with Crippen molar-refractivity contribution in [3.63, 3.8) is 0 Å². The van der Waals surface area contributed by atoms with E-state index in [1.54, 1.807) is 0 Å². The van der Waals surface area contributed by atoms with Crippen LogP contribution in [0.2, 0.25) is 0 Å². The van der Waals surface area contributed by atoms with Gasteiger partial charge in [-0.3, -0.25) is 10.1 Å². The molecule has 0 amide bonds. The van der Waals surface area contributed by atoms with E-state index in [9.17, 15) is 22.9 Å². The van der Waals surface area contributed by atoms with Crippen molar-refractivity contribution < 1.29 is 17.7 Å². The Hall–Kier alpha value is -2.05. The van der Waals surface area contributed by atoms with Gasteiger partial charge in [-0.25, -0.2) is 17.5 Å². The lowest BCUT2D eigenvalue weighted by Crippen LogP contribution is -2.33. The molecule has 20 heavy (non-hydrogen) atoms. The van der Waals surface area contributed by atoms with E-state index in [1.807, 2.05) is 6.07 Å². The van der Waals surface area contributed by atoms with Gasteiger partial charge in [0.25, 0.3) is 5.69 Å². The first kappa shape index (κ1) is 16.0. The van der Waals surface area contributed by atoms with Crippen molar-refractivity contribution in [2.45, 2.75) is 18.7 Å². The summed E-state index contributed by atoms with van der Waals surface area (Å²) in [7, 11) is -4.21. The molecule has 0 fully saturated rings. The molecule has 9 heteroatoms. The molecular weight excluding hydrogens is 289 g/mol. The van der Waals surface area contributed by atoms with Gasteiger partial charge in [-0.05, 0) is 26.0 Å². The van der Waals surface area contributed by atoms with Gasteiger partial charge >= 0.3 is 0 Å². The van der Waals surface area contributed by atoms with E-state index in [2.05, 4.69) is 4.72 Å². The number of nitrogens with zero attached hydrogens (tertiary/aromatic N) is 2. The Morgan fingerprint density at radius 2 is 2.10 bits per heavy atom. The molecule has 0 saturated heterocycles. The third-order valence-corrected chi connectivity index (χ3v) is 3.86. The van der Waals surface area contributed by atoms with Gasteiger partial charge in [0.1, 0.15) is 5.82 Å². The second-order valence-corrected chi connectivity index (χ2v) is 6.42. The zero-order chi connectivity index (χ0) is 15.6. The summed E-state index contributed by atoms with van der Waals surface area (Å²) in [6.45, 7) is 2.80. The molecule has 0 saturated carbocycles. The number of nitriles is 1. The lowest BCUT2D eigenvalue weighted by molar-refractivity contribution is -0.388. The minimum Gasteiger partial charge on any atom is -0.258 e. The third-order valence-electron chi connectivity index (χ3n) is 2.41. The van der Waals surface area contributed by atoms with Crippen LogP contribution in [0.4, 0.5) is 10.1 Å². The zero-order valence-electron chi connectivity index (χ0n) is 10.8. The monoisotopic (exact) mass is 301 g/mol. The van der Waals surface area contributed by atoms with Crippen LogP contribution in [0.15, 0.2) is 23.1 Å². The van der Waals surface area contributed by atoms with Crippen molar-refractivity contribution in [2.24, 2.45) is 5.41 Å². The maximum Gasteiger partial charge on any atom is 0.292 e. The lowest BCUT2D eigenvalue weighted by Gasteiger charge is -2.15. The Morgan fingerprint density at radius 3 is 2.60 bits per heavy atom. The van der Waals surface area contributed by atoms with Gasteiger partial charge in [0.05, 0.1) is 22.5 Å². The molecule has 0 aromatic heterocycles. The number of halogens is 1. The van der Waals surface area contributed by atoms with Crippen LogP contribution in [0.1, 0.15) is 13.8 Å². The molecule has 0 heterocycles. The summed E-state index contributed by atoms with van der Waals surface area (Å²) in [5.74, 6) is -0.909. The molecule has 1 aromatic carbocycles. The van der Waals surface area contributed by atoms with Crippen LogP contribution in [0.3, 0.4) is 0 Å². The fourth-order valence-corrected chi connectivity index (χ4v) is 2.62. The van der Waals surface area contributed by atoms with E-state index in [4.69, 9.17) is 5.26 Å². The summed E-state index contributed by atoms with van der Waals surface area (Å²) >= 11 is 0. The average molecular weight is 301 g/mol. The molecule has 1 aromatic rings. The van der Waals surface area contributed by atoms with E-state index >= 15 is 0 Å². The minimum atomic E-state index is -4.21. The van der Waals surface area contributed by atoms with E-state index in [1.165, 1.54) is 13.8 Å². The van der Waals surface area contributed by atoms with E-state index in [-0.39, 0.29) is 6.54 Å². The predicted molar refractivity (Wildman–Crippen MR) is 67.6 cm³/mol. The summed E-state index contributed by atoms with van der Waals surface area (Å²) in [6.07, 6.45) is 0. The Bertz CT molecular complexity index is 679. The summed E-state index contributed by atoms with van der Waals surface area (Å²) in [4.78, 5) is 9.15. The fraction of sp³-hybridized carbons (Fsp3) is 0.364. The Labute approximate surface area is 115 Å². The first-order chi connectivity index (χ1) is 9.09. The molecule has 0 aliphatic carbocycles. The Morgan fingerprint density at radius 1 is 1.50 bits per heavy atom. The van der Waals surface area contributed by atoms with Gasteiger partial charge in [-0.1, -0.05) is 0 Å². The Kier molecular flexibility index (Phi) is 4.42. The fourth-order valence-electron chi connectivity index (χ4n) is 1.25. The lowest BCUT2D eigenvalue weighted by atomic mass is 9.97. The summed E-state index contributed by atoms with van der Waals surface area (Å²) in [5, 5.41) is 19.6. The first-order valence-corrected chi connectivity index (χ1v) is 6.92. The van der Waals surface area contributed by atoms with Crippen LogP contribution >= 0.6 is 0 Å². The van der Waals surface area contributed by atoms with Crippen molar-refractivity contribution in [3.8, 4) is 6.07 Å². The number of nitrogens with one attached hydrogen (secondary N) is 1. The van der Waals surface area contributed by atoms with Gasteiger partial charge in [-0.15, -0.1) is 0 Å². The second kappa shape index (κ2) is 5.52. The molecular formula is C11H12FN3O4S. The minimum absolute atomic E-state index is 0.222. The highest BCUT2D eigenvalue weighted by molar-refractivity contribution is 7.89. The number of nitro benzene ring substituents is 1. The Balaban J connectivity index is 3.17. The number of sulfonamides is 1. The second-order valence-electron chi connectivity index (χ2n) is 4.69. The molecule has 0 atom stereocenters. The summed E-state index contributed by atoms with van der Waals surface area (Å²) in [5.41, 5.74) is -1.82. The van der Waals surface area contributed by atoms with Crippen LogP contribution in [0, 0.1) is 32.7 Å². The maximum atomic E-state index is 13.0. The SMILES string of the molecule is CC(C)(C#N)CNS(=O)(=O)c1ccc(F)cc1[N+](=O)[O-]. The number of nitro groups is 1. The molecule has 7 nitrogen and oxygen atoms in total.